The lowest BCUT2D eigenvalue weighted by Crippen LogP contribution is -2.35. The lowest BCUT2D eigenvalue weighted by Gasteiger charge is -2.24. The van der Waals surface area contributed by atoms with E-state index in [2.05, 4.69) is 19.1 Å². The Balaban J connectivity index is 1.71. The van der Waals surface area contributed by atoms with Crippen LogP contribution in [0.2, 0.25) is 0 Å². The number of Topliss-reactive ketones (excluding diaryl/α,β-unsaturated/α-hetero) is 1. The van der Waals surface area contributed by atoms with E-state index in [0.29, 0.717) is 30.1 Å². The van der Waals surface area contributed by atoms with Crippen molar-refractivity contribution in [1.29, 1.82) is 0 Å². The van der Waals surface area contributed by atoms with Crippen LogP contribution in [0.3, 0.4) is 0 Å². The number of aliphatic carboxylic acids is 1. The van der Waals surface area contributed by atoms with Gasteiger partial charge in [0, 0.05) is 12.3 Å². The quantitative estimate of drug-likeness (QED) is 0.218. The van der Waals surface area contributed by atoms with Gasteiger partial charge in [0.05, 0.1) is 0 Å². The summed E-state index contributed by atoms with van der Waals surface area (Å²) in [5, 5.41) is 20.2. The van der Waals surface area contributed by atoms with Crippen LogP contribution in [0, 0.1) is 11.8 Å². The van der Waals surface area contributed by atoms with Crippen molar-refractivity contribution in [3.05, 3.63) is 48.0 Å². The van der Waals surface area contributed by atoms with Gasteiger partial charge in [0.2, 0.25) is 0 Å². The third-order valence-electron chi connectivity index (χ3n) is 6.92. The van der Waals surface area contributed by atoms with Gasteiger partial charge < -0.3 is 10.2 Å². The summed E-state index contributed by atoms with van der Waals surface area (Å²) < 4.78 is 0. The fourth-order valence-corrected chi connectivity index (χ4v) is 4.86. The van der Waals surface area contributed by atoms with E-state index in [1.54, 1.807) is 24.3 Å². The lowest BCUT2D eigenvalue weighted by molar-refractivity contribution is -0.160. The fourth-order valence-electron chi connectivity index (χ4n) is 4.86. The number of carbonyl (C=O) groups excluding carboxylic acids is 1. The van der Waals surface area contributed by atoms with E-state index in [1.807, 2.05) is 6.07 Å². The average molecular weight is 443 g/mol. The molecule has 1 unspecified atom stereocenters. The molecule has 0 radical (unpaired) electrons. The Bertz CT molecular complexity index is 711. The summed E-state index contributed by atoms with van der Waals surface area (Å²) in [5.74, 6) is -0.345. The molecule has 0 bridgehead atoms. The van der Waals surface area contributed by atoms with Crippen molar-refractivity contribution in [3.63, 3.8) is 0 Å². The highest BCUT2D eigenvalue weighted by molar-refractivity contribution is 5.83. The van der Waals surface area contributed by atoms with Gasteiger partial charge in [-0.2, -0.15) is 0 Å². The van der Waals surface area contributed by atoms with Crippen molar-refractivity contribution in [2.75, 3.05) is 0 Å². The van der Waals surface area contributed by atoms with Crippen molar-refractivity contribution in [2.24, 2.45) is 11.8 Å². The van der Waals surface area contributed by atoms with Crippen LogP contribution in [0.5, 0.6) is 0 Å². The molecule has 4 nitrogen and oxygen atoms in total. The number of hydrogen-bond donors (Lipinski definition) is 2. The molecule has 4 heteroatoms. The molecule has 178 valence electrons. The van der Waals surface area contributed by atoms with Gasteiger partial charge in [-0.1, -0.05) is 94.4 Å². The Labute approximate surface area is 194 Å². The van der Waals surface area contributed by atoms with Crippen LogP contribution in [0.15, 0.2) is 42.5 Å². The lowest BCUT2D eigenvalue weighted by atomic mass is 9.86. The highest BCUT2D eigenvalue weighted by atomic mass is 16.4. The number of carbonyl (C=O) groups is 2. The number of carboxylic acid groups (broad SMARTS) is 1. The number of benzene rings is 1. The van der Waals surface area contributed by atoms with Crippen molar-refractivity contribution >= 4 is 11.8 Å². The third kappa shape index (κ3) is 8.20. The molecule has 3 atom stereocenters. The van der Waals surface area contributed by atoms with Gasteiger partial charge >= 0.3 is 5.97 Å². The normalized spacial score (nSPS) is 20.6. The van der Waals surface area contributed by atoms with E-state index in [-0.39, 0.29) is 12.3 Å². The first-order chi connectivity index (χ1) is 15.5. The van der Waals surface area contributed by atoms with E-state index in [1.165, 1.54) is 38.5 Å². The van der Waals surface area contributed by atoms with E-state index < -0.39 is 11.6 Å². The Morgan fingerprint density at radius 3 is 2.44 bits per heavy atom. The molecule has 1 fully saturated rings. The van der Waals surface area contributed by atoms with Crippen molar-refractivity contribution in [3.8, 4) is 0 Å². The monoisotopic (exact) mass is 442 g/mol. The first-order valence-electron chi connectivity index (χ1n) is 12.7. The van der Waals surface area contributed by atoms with Crippen LogP contribution >= 0.6 is 0 Å². The summed E-state index contributed by atoms with van der Waals surface area (Å²) in [7, 11) is 0. The molecule has 0 saturated heterocycles. The highest BCUT2D eigenvalue weighted by Gasteiger charge is 2.37. The molecular formula is C28H42O4. The molecular weight excluding hydrogens is 400 g/mol. The van der Waals surface area contributed by atoms with E-state index in [0.717, 1.165) is 32.1 Å². The number of unbranched alkanes of at least 4 members (excludes halogenated alkanes) is 8. The smallest absolute Gasteiger partial charge is 0.340 e. The maximum absolute atomic E-state index is 12.4. The second-order valence-electron chi connectivity index (χ2n) is 9.39. The van der Waals surface area contributed by atoms with Crippen LogP contribution in [0.25, 0.3) is 0 Å². The molecule has 0 amide bonds. The van der Waals surface area contributed by atoms with Gasteiger partial charge in [0.25, 0.3) is 0 Å². The summed E-state index contributed by atoms with van der Waals surface area (Å²) in [6.07, 6.45) is 18.5. The van der Waals surface area contributed by atoms with Crippen LogP contribution in [0.4, 0.5) is 0 Å². The Hall–Kier alpha value is -1.94. The summed E-state index contributed by atoms with van der Waals surface area (Å²) in [5.41, 5.74) is -1.42. The fraction of sp³-hybridized carbons (Fsp3) is 0.643. The first-order valence-corrected chi connectivity index (χ1v) is 12.7. The van der Waals surface area contributed by atoms with Gasteiger partial charge in [-0.3, -0.25) is 4.79 Å². The summed E-state index contributed by atoms with van der Waals surface area (Å²) in [6, 6.07) is 8.62. The molecule has 0 heterocycles. The van der Waals surface area contributed by atoms with Crippen molar-refractivity contribution < 1.29 is 19.8 Å². The van der Waals surface area contributed by atoms with Gasteiger partial charge in [0.1, 0.15) is 5.78 Å². The van der Waals surface area contributed by atoms with Gasteiger partial charge in [-0.05, 0) is 50.0 Å². The third-order valence-corrected chi connectivity index (χ3v) is 6.92. The molecule has 1 aliphatic rings. The van der Waals surface area contributed by atoms with Gasteiger partial charge in [-0.25, -0.2) is 4.79 Å². The predicted molar refractivity (Wildman–Crippen MR) is 129 cm³/mol. The maximum Gasteiger partial charge on any atom is 0.340 e. The molecule has 0 spiro atoms. The summed E-state index contributed by atoms with van der Waals surface area (Å²) in [6.45, 7) is 2.24. The molecule has 32 heavy (non-hydrogen) atoms. The van der Waals surface area contributed by atoms with Gasteiger partial charge in [0.15, 0.2) is 5.60 Å². The van der Waals surface area contributed by atoms with Crippen LogP contribution < -0.4 is 0 Å². The topological polar surface area (TPSA) is 74.6 Å². The summed E-state index contributed by atoms with van der Waals surface area (Å²) in [4.78, 5) is 24.1. The Morgan fingerprint density at radius 1 is 1.03 bits per heavy atom. The zero-order valence-electron chi connectivity index (χ0n) is 19.8. The number of allylic oxidation sites excluding steroid dienone is 2. The molecule has 0 aliphatic heterocycles. The minimum absolute atomic E-state index is 0.114. The van der Waals surface area contributed by atoms with E-state index in [9.17, 15) is 19.8 Å². The van der Waals surface area contributed by atoms with E-state index >= 15 is 0 Å². The molecule has 0 aromatic heterocycles. The SMILES string of the molecule is CCCCCCCCC=C[C@H]1CCC(=O)[C@@H]1CCCCCC(O)(C(=O)O)c1ccccc1. The minimum atomic E-state index is -1.84. The first kappa shape index (κ1) is 26.3. The molecule has 1 aromatic carbocycles. The largest absolute Gasteiger partial charge is 0.479 e. The van der Waals surface area contributed by atoms with Crippen LogP contribution in [-0.4, -0.2) is 22.0 Å². The highest BCUT2D eigenvalue weighted by Crippen LogP contribution is 2.34. The number of rotatable bonds is 16. The second kappa shape index (κ2) is 14.3. The number of carboxylic acids is 1. The number of ketones is 1. The van der Waals surface area contributed by atoms with Crippen molar-refractivity contribution in [1.82, 2.24) is 0 Å². The standard InChI is InChI=1S/C28H42O4/c1-2-3-4-5-6-7-8-11-16-23-20-21-26(29)25(23)19-14-10-15-22-28(32,27(30)31)24-17-12-9-13-18-24/h9,11-13,16-18,23,25,32H,2-8,10,14-15,19-22H2,1H3,(H,30,31)/t23-,25+,28?/m0/s1. The molecule has 1 aliphatic carbocycles. The Morgan fingerprint density at radius 2 is 1.72 bits per heavy atom. The minimum Gasteiger partial charge on any atom is -0.479 e. The summed E-state index contributed by atoms with van der Waals surface area (Å²) >= 11 is 0. The number of aliphatic hydroxyl groups is 1. The van der Waals surface area contributed by atoms with E-state index in [4.69, 9.17) is 0 Å². The molecule has 2 N–H and O–H groups in total. The predicted octanol–water partition coefficient (Wildman–Crippen LogP) is 6.81. The zero-order chi connectivity index (χ0) is 23.2. The molecule has 2 rings (SSSR count). The number of hydrogen-bond acceptors (Lipinski definition) is 3. The molecule has 1 saturated carbocycles. The van der Waals surface area contributed by atoms with Crippen LogP contribution in [0.1, 0.15) is 102 Å². The average Bonchev–Trinajstić information content (AvgIpc) is 3.15. The van der Waals surface area contributed by atoms with Crippen molar-refractivity contribution in [2.45, 2.75) is 102 Å². The van der Waals surface area contributed by atoms with Gasteiger partial charge in [-0.15, -0.1) is 0 Å². The van der Waals surface area contributed by atoms with Crippen LogP contribution in [-0.2, 0) is 15.2 Å². The zero-order valence-corrected chi connectivity index (χ0v) is 19.8. The molecule has 1 aromatic rings. The second-order valence-corrected chi connectivity index (χ2v) is 9.39. The maximum atomic E-state index is 12.4. The Kier molecular flexibility index (Phi) is 11.7.